The summed E-state index contributed by atoms with van der Waals surface area (Å²) in [5.41, 5.74) is 1.71. The van der Waals surface area contributed by atoms with E-state index in [0.717, 1.165) is 47.5 Å². The quantitative estimate of drug-likeness (QED) is 0.271. The monoisotopic (exact) mass is 641 g/mol. The Hall–Kier alpha value is -3.76. The van der Waals surface area contributed by atoms with Crippen LogP contribution >= 0.6 is 11.6 Å². The first-order valence-corrected chi connectivity index (χ1v) is 16.5. The Bertz CT molecular complexity index is 1560. The Morgan fingerprint density at radius 2 is 1.68 bits per heavy atom. The van der Waals surface area contributed by atoms with Crippen molar-refractivity contribution < 1.29 is 27.5 Å². The Kier molecular flexibility index (Phi) is 11.2. The number of nitrogens with zero attached hydrogens (tertiary/aromatic N) is 2. The van der Waals surface area contributed by atoms with Gasteiger partial charge in [-0.15, -0.1) is 0 Å². The number of halogens is 1. The summed E-state index contributed by atoms with van der Waals surface area (Å²) in [5, 5.41) is 3.38. The highest BCUT2D eigenvalue weighted by atomic mass is 35.5. The second-order valence-corrected chi connectivity index (χ2v) is 13.3. The lowest BCUT2D eigenvalue weighted by atomic mass is 9.95. The second kappa shape index (κ2) is 14.8. The van der Waals surface area contributed by atoms with Gasteiger partial charge in [0.1, 0.15) is 24.1 Å². The Labute approximate surface area is 265 Å². The lowest BCUT2D eigenvalue weighted by Gasteiger charge is -2.33. The first-order valence-electron chi connectivity index (χ1n) is 14.7. The predicted molar refractivity (Wildman–Crippen MR) is 172 cm³/mol. The number of nitrogens with one attached hydrogen (secondary N) is 1. The molecule has 11 heteroatoms. The number of benzene rings is 3. The van der Waals surface area contributed by atoms with Crippen molar-refractivity contribution in [3.8, 4) is 11.5 Å². The van der Waals surface area contributed by atoms with Crippen LogP contribution in [0.25, 0.3) is 0 Å². The second-order valence-electron chi connectivity index (χ2n) is 11.0. The third-order valence-electron chi connectivity index (χ3n) is 7.90. The number of ether oxygens (including phenoxy) is 2. The number of methoxy groups -OCH3 is 2. The zero-order chi connectivity index (χ0) is 31.9. The Morgan fingerprint density at radius 1 is 0.977 bits per heavy atom. The van der Waals surface area contributed by atoms with Gasteiger partial charge in [-0.3, -0.25) is 13.9 Å². The van der Waals surface area contributed by atoms with E-state index in [1.54, 1.807) is 56.5 Å². The molecular formula is C33H40ClN3O6S. The van der Waals surface area contributed by atoms with Crippen molar-refractivity contribution in [3.63, 3.8) is 0 Å². The lowest BCUT2D eigenvalue weighted by Crippen LogP contribution is -2.53. The van der Waals surface area contributed by atoms with E-state index < -0.39 is 28.5 Å². The third kappa shape index (κ3) is 8.04. The normalized spacial score (nSPS) is 14.4. The molecule has 3 aromatic rings. The summed E-state index contributed by atoms with van der Waals surface area (Å²) in [5.74, 6) is -0.0416. The van der Waals surface area contributed by atoms with Crippen LogP contribution < -0.4 is 19.1 Å². The van der Waals surface area contributed by atoms with Gasteiger partial charge in [-0.2, -0.15) is 0 Å². The van der Waals surface area contributed by atoms with Crippen molar-refractivity contribution in [3.05, 3.63) is 82.9 Å². The summed E-state index contributed by atoms with van der Waals surface area (Å²) in [6.07, 6.45) is 5.00. The molecule has 1 N–H and O–H groups in total. The molecule has 4 rings (SSSR count). The first kappa shape index (κ1) is 33.1. The molecule has 1 atom stereocenters. The van der Waals surface area contributed by atoms with E-state index in [-0.39, 0.29) is 39.8 Å². The Morgan fingerprint density at radius 3 is 2.34 bits per heavy atom. The molecule has 1 fully saturated rings. The number of hydrogen-bond acceptors (Lipinski definition) is 6. The van der Waals surface area contributed by atoms with Gasteiger partial charge in [0.25, 0.3) is 10.0 Å². The van der Waals surface area contributed by atoms with E-state index in [1.807, 2.05) is 13.0 Å². The highest BCUT2D eigenvalue weighted by Crippen LogP contribution is 2.35. The van der Waals surface area contributed by atoms with Gasteiger partial charge in [0, 0.05) is 17.6 Å². The molecule has 3 aromatic carbocycles. The van der Waals surface area contributed by atoms with Crippen molar-refractivity contribution in [1.29, 1.82) is 0 Å². The Balaban J connectivity index is 1.74. The van der Waals surface area contributed by atoms with Crippen molar-refractivity contribution in [2.75, 3.05) is 25.1 Å². The topological polar surface area (TPSA) is 105 Å². The summed E-state index contributed by atoms with van der Waals surface area (Å²) in [6, 6.07) is 17.3. The van der Waals surface area contributed by atoms with Gasteiger partial charge >= 0.3 is 0 Å². The highest BCUT2D eigenvalue weighted by molar-refractivity contribution is 7.92. The molecule has 2 amide bonds. The molecule has 1 aliphatic rings. The van der Waals surface area contributed by atoms with E-state index in [1.165, 1.54) is 30.2 Å². The number of carbonyl (C=O) groups is 2. The molecule has 0 spiro atoms. The predicted octanol–water partition coefficient (Wildman–Crippen LogP) is 5.73. The molecule has 0 heterocycles. The standard InChI is InChI=1S/C33H40ClN3O6S/c1-23-13-16-29(17-14-23)44(40,41)37(30-20-26(34)15-18-31(30)43-4)22-32(38)36(21-25-9-8-12-28(19-25)42-3)24(2)33(39)35-27-10-6-5-7-11-27/h8-9,12-20,24,27H,5-7,10-11,21-22H2,1-4H3,(H,35,39)/t24-/m0/s1. The minimum absolute atomic E-state index is 0.000337. The molecular weight excluding hydrogens is 602 g/mol. The molecule has 0 radical (unpaired) electrons. The van der Waals surface area contributed by atoms with Gasteiger partial charge in [0.2, 0.25) is 11.8 Å². The molecule has 0 unspecified atom stereocenters. The van der Waals surface area contributed by atoms with Gasteiger partial charge in [-0.05, 0) is 74.7 Å². The number of anilines is 1. The fourth-order valence-electron chi connectivity index (χ4n) is 5.33. The number of rotatable bonds is 12. The largest absolute Gasteiger partial charge is 0.497 e. The van der Waals surface area contributed by atoms with E-state index in [4.69, 9.17) is 21.1 Å². The maximum Gasteiger partial charge on any atom is 0.264 e. The summed E-state index contributed by atoms with van der Waals surface area (Å²) in [6.45, 7) is 2.97. The molecule has 0 aromatic heterocycles. The first-order chi connectivity index (χ1) is 21.0. The molecule has 44 heavy (non-hydrogen) atoms. The lowest BCUT2D eigenvalue weighted by molar-refractivity contribution is -0.139. The smallest absolute Gasteiger partial charge is 0.264 e. The van der Waals surface area contributed by atoms with Gasteiger partial charge in [0.05, 0.1) is 24.8 Å². The molecule has 236 valence electrons. The van der Waals surface area contributed by atoms with Crippen LogP contribution in [0.1, 0.15) is 50.2 Å². The van der Waals surface area contributed by atoms with E-state index in [9.17, 15) is 18.0 Å². The van der Waals surface area contributed by atoms with Crippen LogP contribution in [-0.2, 0) is 26.2 Å². The molecule has 0 saturated heterocycles. The molecule has 1 aliphatic carbocycles. The number of amides is 2. The van der Waals surface area contributed by atoms with Crippen LogP contribution in [0.5, 0.6) is 11.5 Å². The average Bonchev–Trinajstić information content (AvgIpc) is 3.02. The number of aryl methyl sites for hydroxylation is 1. The van der Waals surface area contributed by atoms with Crippen LogP contribution in [0, 0.1) is 6.92 Å². The summed E-state index contributed by atoms with van der Waals surface area (Å²) in [7, 11) is -1.31. The van der Waals surface area contributed by atoms with E-state index in [0.29, 0.717) is 5.75 Å². The maximum atomic E-state index is 14.3. The van der Waals surface area contributed by atoms with Crippen LogP contribution in [0.4, 0.5) is 5.69 Å². The van der Waals surface area contributed by atoms with Gasteiger partial charge in [-0.25, -0.2) is 8.42 Å². The van der Waals surface area contributed by atoms with Gasteiger partial charge < -0.3 is 19.7 Å². The van der Waals surface area contributed by atoms with Crippen molar-refractivity contribution in [2.45, 2.75) is 69.5 Å². The minimum Gasteiger partial charge on any atom is -0.497 e. The van der Waals surface area contributed by atoms with Gasteiger partial charge in [-0.1, -0.05) is 60.7 Å². The van der Waals surface area contributed by atoms with E-state index >= 15 is 0 Å². The van der Waals surface area contributed by atoms with Crippen molar-refractivity contribution >= 4 is 39.1 Å². The summed E-state index contributed by atoms with van der Waals surface area (Å²) in [4.78, 5) is 29.2. The number of hydrogen-bond donors (Lipinski definition) is 1. The highest BCUT2D eigenvalue weighted by Gasteiger charge is 2.34. The fourth-order valence-corrected chi connectivity index (χ4v) is 6.91. The zero-order valence-corrected chi connectivity index (χ0v) is 27.2. The zero-order valence-electron chi connectivity index (χ0n) is 25.6. The summed E-state index contributed by atoms with van der Waals surface area (Å²) < 4.78 is 40.2. The minimum atomic E-state index is -4.27. The van der Waals surface area contributed by atoms with Crippen molar-refractivity contribution in [2.24, 2.45) is 0 Å². The molecule has 0 aliphatic heterocycles. The van der Waals surface area contributed by atoms with Crippen LogP contribution in [-0.4, -0.2) is 58.0 Å². The number of sulfonamides is 1. The molecule has 0 bridgehead atoms. The third-order valence-corrected chi connectivity index (χ3v) is 9.91. The fraction of sp³-hybridized carbons (Fsp3) is 0.394. The van der Waals surface area contributed by atoms with Gasteiger partial charge in [0.15, 0.2) is 0 Å². The number of carbonyl (C=O) groups excluding carboxylic acids is 2. The molecule has 9 nitrogen and oxygen atoms in total. The average molecular weight is 642 g/mol. The SMILES string of the molecule is COc1cccc(CN(C(=O)CN(c2cc(Cl)ccc2OC)S(=O)(=O)c2ccc(C)cc2)[C@@H](C)C(=O)NC2CCCCC2)c1. The van der Waals surface area contributed by atoms with Crippen LogP contribution in [0.15, 0.2) is 71.6 Å². The summed E-state index contributed by atoms with van der Waals surface area (Å²) >= 11 is 6.32. The van der Waals surface area contributed by atoms with Crippen molar-refractivity contribution in [1.82, 2.24) is 10.2 Å². The van der Waals surface area contributed by atoms with E-state index in [2.05, 4.69) is 5.32 Å². The maximum absolute atomic E-state index is 14.3. The van der Waals surface area contributed by atoms with Crippen LogP contribution in [0.2, 0.25) is 5.02 Å². The molecule has 1 saturated carbocycles. The van der Waals surface area contributed by atoms with Crippen LogP contribution in [0.3, 0.4) is 0 Å².